The first-order chi connectivity index (χ1) is 12.7. The van der Waals surface area contributed by atoms with Gasteiger partial charge in [0.1, 0.15) is 5.82 Å². The van der Waals surface area contributed by atoms with Crippen LogP contribution in [0.15, 0.2) is 47.7 Å². The summed E-state index contributed by atoms with van der Waals surface area (Å²) in [7, 11) is 1.82. The number of aliphatic imine (C=N–C) groups is 1. The first-order valence-electron chi connectivity index (χ1n) is 9.74. The van der Waals surface area contributed by atoms with E-state index in [1.807, 2.05) is 25.5 Å². The molecule has 0 amide bonds. The van der Waals surface area contributed by atoms with Crippen LogP contribution >= 0.6 is 0 Å². The van der Waals surface area contributed by atoms with Crippen molar-refractivity contribution in [2.24, 2.45) is 4.99 Å². The lowest BCUT2D eigenvalue weighted by Gasteiger charge is -2.18. The van der Waals surface area contributed by atoms with E-state index < -0.39 is 0 Å². The summed E-state index contributed by atoms with van der Waals surface area (Å²) in [6, 6.07) is 10.9. The summed E-state index contributed by atoms with van der Waals surface area (Å²) in [5, 5.41) is 6.86. The van der Waals surface area contributed by atoms with Gasteiger partial charge < -0.3 is 15.2 Å². The summed E-state index contributed by atoms with van der Waals surface area (Å²) in [5.41, 5.74) is 1.27. The van der Waals surface area contributed by atoms with Crippen LogP contribution < -0.4 is 10.6 Å². The smallest absolute Gasteiger partial charge is 0.191 e. The Morgan fingerprint density at radius 2 is 2.00 bits per heavy atom. The number of nitrogens with one attached hydrogen (secondary N) is 2. The number of nitrogens with zero attached hydrogens (tertiary/aromatic N) is 3. The normalized spacial score (nSPS) is 12.8. The van der Waals surface area contributed by atoms with E-state index in [-0.39, 0.29) is 0 Å². The standard InChI is InChI=1S/C21H33N5/c1-4-5-6-8-11-18(2)25-21(22-3)24-16-20-23-14-15-26(20)17-19-12-9-7-10-13-19/h7,9-10,12-15,18H,4-6,8,11,16-17H2,1-3H3,(H2,22,24,25). The number of benzene rings is 1. The molecule has 1 unspecified atom stereocenters. The molecule has 1 aromatic carbocycles. The molecule has 0 radical (unpaired) electrons. The van der Waals surface area contributed by atoms with Gasteiger partial charge in [0.15, 0.2) is 5.96 Å². The zero-order valence-electron chi connectivity index (χ0n) is 16.4. The Bertz CT molecular complexity index is 647. The predicted molar refractivity (Wildman–Crippen MR) is 109 cm³/mol. The number of hydrogen-bond acceptors (Lipinski definition) is 2. The van der Waals surface area contributed by atoms with Gasteiger partial charge in [-0.3, -0.25) is 4.99 Å². The van der Waals surface area contributed by atoms with Crippen molar-refractivity contribution in [2.75, 3.05) is 7.05 Å². The predicted octanol–water partition coefficient (Wildman–Crippen LogP) is 3.96. The van der Waals surface area contributed by atoms with Crippen LogP contribution in [-0.2, 0) is 13.1 Å². The minimum Gasteiger partial charge on any atom is -0.354 e. The number of aromatic nitrogens is 2. The SMILES string of the molecule is CCCCCCC(C)NC(=NC)NCc1nccn1Cc1ccccc1. The molecule has 1 atom stereocenters. The van der Waals surface area contributed by atoms with Gasteiger partial charge >= 0.3 is 0 Å². The average Bonchev–Trinajstić information content (AvgIpc) is 3.10. The van der Waals surface area contributed by atoms with Gasteiger partial charge in [0, 0.05) is 32.0 Å². The summed E-state index contributed by atoms with van der Waals surface area (Å²) in [5.74, 6) is 1.84. The Kier molecular flexibility index (Phi) is 8.73. The van der Waals surface area contributed by atoms with Crippen molar-refractivity contribution in [1.82, 2.24) is 20.2 Å². The maximum Gasteiger partial charge on any atom is 0.191 e. The molecule has 0 aliphatic carbocycles. The van der Waals surface area contributed by atoms with Gasteiger partial charge in [-0.15, -0.1) is 0 Å². The average molecular weight is 356 g/mol. The fourth-order valence-electron chi connectivity index (χ4n) is 2.97. The highest BCUT2D eigenvalue weighted by Gasteiger charge is 2.08. The molecule has 0 spiro atoms. The molecule has 2 rings (SSSR count). The lowest BCUT2D eigenvalue weighted by atomic mass is 10.1. The van der Waals surface area contributed by atoms with E-state index in [0.717, 1.165) is 18.3 Å². The molecule has 2 N–H and O–H groups in total. The monoisotopic (exact) mass is 355 g/mol. The van der Waals surface area contributed by atoms with Crippen LogP contribution in [-0.4, -0.2) is 28.6 Å². The summed E-state index contributed by atoms with van der Waals surface area (Å²) < 4.78 is 2.17. The van der Waals surface area contributed by atoms with Crippen molar-refractivity contribution in [1.29, 1.82) is 0 Å². The Labute approximate surface area is 158 Å². The number of hydrogen-bond donors (Lipinski definition) is 2. The van der Waals surface area contributed by atoms with Crippen LogP contribution in [0.3, 0.4) is 0 Å². The number of rotatable bonds is 10. The zero-order valence-corrected chi connectivity index (χ0v) is 16.4. The highest BCUT2D eigenvalue weighted by molar-refractivity contribution is 5.79. The van der Waals surface area contributed by atoms with Gasteiger partial charge in [-0.1, -0.05) is 62.9 Å². The number of guanidine groups is 1. The summed E-state index contributed by atoms with van der Waals surface area (Å²) >= 11 is 0. The first-order valence-corrected chi connectivity index (χ1v) is 9.74. The van der Waals surface area contributed by atoms with Crippen molar-refractivity contribution in [3.8, 4) is 0 Å². The maximum absolute atomic E-state index is 4.49. The summed E-state index contributed by atoms with van der Waals surface area (Å²) in [4.78, 5) is 8.83. The molecule has 0 saturated carbocycles. The van der Waals surface area contributed by atoms with Crippen LogP contribution in [0.1, 0.15) is 57.3 Å². The van der Waals surface area contributed by atoms with E-state index in [0.29, 0.717) is 12.6 Å². The summed E-state index contributed by atoms with van der Waals surface area (Å²) in [6.45, 7) is 5.95. The fraction of sp³-hybridized carbons (Fsp3) is 0.524. The largest absolute Gasteiger partial charge is 0.354 e. The second-order valence-electron chi connectivity index (χ2n) is 6.78. The molecule has 0 aliphatic rings. The van der Waals surface area contributed by atoms with Crippen molar-refractivity contribution >= 4 is 5.96 Å². The Morgan fingerprint density at radius 3 is 2.73 bits per heavy atom. The molecular weight excluding hydrogens is 322 g/mol. The molecule has 5 nitrogen and oxygen atoms in total. The molecule has 142 valence electrons. The van der Waals surface area contributed by atoms with Gasteiger partial charge in [0.25, 0.3) is 0 Å². The highest BCUT2D eigenvalue weighted by atomic mass is 15.2. The Hall–Kier alpha value is -2.30. The van der Waals surface area contributed by atoms with Crippen LogP contribution in [0.5, 0.6) is 0 Å². The number of unbranched alkanes of at least 4 members (excludes halogenated alkanes) is 3. The van der Waals surface area contributed by atoms with Gasteiger partial charge in [-0.25, -0.2) is 4.98 Å². The highest BCUT2D eigenvalue weighted by Crippen LogP contribution is 2.06. The molecule has 1 aromatic heterocycles. The molecule has 5 heteroatoms. The third-order valence-electron chi connectivity index (χ3n) is 4.51. The minimum atomic E-state index is 0.419. The van der Waals surface area contributed by atoms with E-state index in [2.05, 4.69) is 63.3 Å². The molecule has 0 saturated heterocycles. The van der Waals surface area contributed by atoms with Crippen molar-refractivity contribution in [2.45, 2.75) is 65.1 Å². The molecule has 0 aliphatic heterocycles. The van der Waals surface area contributed by atoms with Crippen molar-refractivity contribution < 1.29 is 0 Å². The maximum atomic E-state index is 4.49. The third-order valence-corrected chi connectivity index (χ3v) is 4.51. The van der Waals surface area contributed by atoms with Gasteiger partial charge in [-0.05, 0) is 18.9 Å². The fourth-order valence-corrected chi connectivity index (χ4v) is 2.97. The van der Waals surface area contributed by atoms with E-state index in [9.17, 15) is 0 Å². The van der Waals surface area contributed by atoms with E-state index >= 15 is 0 Å². The molecule has 26 heavy (non-hydrogen) atoms. The first kappa shape index (κ1) is 20.0. The van der Waals surface area contributed by atoms with E-state index in [1.54, 1.807) is 0 Å². The topological polar surface area (TPSA) is 54.2 Å². The van der Waals surface area contributed by atoms with Gasteiger partial charge in [0.05, 0.1) is 6.54 Å². The van der Waals surface area contributed by atoms with Gasteiger partial charge in [-0.2, -0.15) is 0 Å². The Morgan fingerprint density at radius 1 is 1.19 bits per heavy atom. The zero-order chi connectivity index (χ0) is 18.6. The van der Waals surface area contributed by atoms with Gasteiger partial charge in [0.2, 0.25) is 0 Å². The van der Waals surface area contributed by atoms with Crippen LogP contribution in [0.25, 0.3) is 0 Å². The molecule has 0 fully saturated rings. The molecular formula is C21H33N5. The molecule has 1 heterocycles. The van der Waals surface area contributed by atoms with Crippen molar-refractivity contribution in [3.05, 3.63) is 54.1 Å². The van der Waals surface area contributed by atoms with Crippen molar-refractivity contribution in [3.63, 3.8) is 0 Å². The molecule has 2 aromatic rings. The summed E-state index contributed by atoms with van der Waals surface area (Å²) in [6.07, 6.45) is 10.2. The lowest BCUT2D eigenvalue weighted by Crippen LogP contribution is -2.42. The van der Waals surface area contributed by atoms with Crippen LogP contribution in [0.2, 0.25) is 0 Å². The number of imidazole rings is 1. The molecule has 0 bridgehead atoms. The van der Waals surface area contributed by atoms with E-state index in [1.165, 1.54) is 37.7 Å². The van der Waals surface area contributed by atoms with E-state index in [4.69, 9.17) is 0 Å². The minimum absolute atomic E-state index is 0.419. The van der Waals surface area contributed by atoms with Crippen LogP contribution in [0.4, 0.5) is 0 Å². The Balaban J connectivity index is 1.81. The third kappa shape index (κ3) is 6.90. The second-order valence-corrected chi connectivity index (χ2v) is 6.78. The quantitative estimate of drug-likeness (QED) is 0.385. The lowest BCUT2D eigenvalue weighted by molar-refractivity contribution is 0.536. The van der Waals surface area contributed by atoms with Crippen LogP contribution in [0, 0.1) is 0 Å². The second kappa shape index (κ2) is 11.3.